The molecule has 3 heterocycles. The molecule has 0 radical (unpaired) electrons. The van der Waals surface area contributed by atoms with Crippen LogP contribution in [0.25, 0.3) is 20.8 Å². The maximum Gasteiger partial charge on any atom is 0.168 e. The molecule has 4 rings (SSSR count). The van der Waals surface area contributed by atoms with Crippen molar-refractivity contribution in [3.05, 3.63) is 58.3 Å². The smallest absolute Gasteiger partial charge is 0.168 e. The van der Waals surface area contributed by atoms with E-state index in [1.807, 2.05) is 6.92 Å². The van der Waals surface area contributed by atoms with Crippen molar-refractivity contribution >= 4 is 56.4 Å². The minimum atomic E-state index is -0.518. The van der Waals surface area contributed by atoms with Gasteiger partial charge in [-0.3, -0.25) is 0 Å². The molecule has 0 saturated carbocycles. The van der Waals surface area contributed by atoms with Crippen LogP contribution in [-0.2, 0) is 0 Å². The van der Waals surface area contributed by atoms with Crippen molar-refractivity contribution in [2.75, 3.05) is 5.32 Å². The summed E-state index contributed by atoms with van der Waals surface area (Å²) >= 11 is 13.8. The first-order valence-electron chi connectivity index (χ1n) is 7.48. The molecule has 0 aliphatic rings. The Bertz CT molecular complexity index is 1110. The molecule has 0 bridgehead atoms. The molecule has 0 amide bonds. The third kappa shape index (κ3) is 3.09. The fourth-order valence-corrected chi connectivity index (χ4v) is 4.21. The molecular weight excluding hydrogens is 396 g/mol. The molecule has 1 N–H and O–H groups in total. The van der Waals surface area contributed by atoms with Crippen LogP contribution in [0.2, 0.25) is 10.0 Å². The molecule has 0 unspecified atom stereocenters. The van der Waals surface area contributed by atoms with E-state index in [0.717, 1.165) is 11.9 Å². The number of thiazole rings is 1. The van der Waals surface area contributed by atoms with E-state index in [4.69, 9.17) is 23.2 Å². The largest absolute Gasteiger partial charge is 0.324 e. The van der Waals surface area contributed by atoms with Gasteiger partial charge in [0.15, 0.2) is 11.6 Å². The topological polar surface area (TPSA) is 63.6 Å². The van der Waals surface area contributed by atoms with Gasteiger partial charge in [0.05, 0.1) is 16.2 Å². The number of hydrogen-bond donors (Lipinski definition) is 1. The highest BCUT2D eigenvalue weighted by Crippen LogP contribution is 2.41. The minimum Gasteiger partial charge on any atom is -0.324 e. The number of nitrogens with one attached hydrogen (secondary N) is 1. The van der Waals surface area contributed by atoms with Crippen molar-refractivity contribution < 1.29 is 4.39 Å². The number of aromatic nitrogens is 4. The molecule has 5 nitrogen and oxygen atoms in total. The molecule has 4 aromatic rings. The summed E-state index contributed by atoms with van der Waals surface area (Å²) in [7, 11) is 0. The third-order valence-electron chi connectivity index (χ3n) is 3.60. The Morgan fingerprint density at radius 3 is 2.62 bits per heavy atom. The van der Waals surface area contributed by atoms with Gasteiger partial charge in [-0.25, -0.2) is 24.3 Å². The molecule has 0 fully saturated rings. The Hall–Kier alpha value is -2.35. The Morgan fingerprint density at radius 2 is 1.88 bits per heavy atom. The third-order valence-corrected chi connectivity index (χ3v) is 5.31. The Balaban J connectivity index is 1.86. The lowest BCUT2D eigenvalue weighted by atomic mass is 10.2. The van der Waals surface area contributed by atoms with E-state index in [9.17, 15) is 4.39 Å². The summed E-state index contributed by atoms with van der Waals surface area (Å²) in [6.45, 7) is 1.85. The molecule has 0 aliphatic carbocycles. The molecule has 0 atom stereocenters. The molecule has 9 heteroatoms. The molecule has 26 heavy (non-hydrogen) atoms. The zero-order chi connectivity index (χ0) is 18.3. The van der Waals surface area contributed by atoms with Crippen molar-refractivity contribution in [3.8, 4) is 10.6 Å². The minimum absolute atomic E-state index is 0.198. The quantitative estimate of drug-likeness (QED) is 0.477. The normalized spacial score (nSPS) is 11.1. The predicted octanol–water partition coefficient (Wildman–Crippen LogP) is 5.65. The number of nitrogens with zero attached hydrogens (tertiary/aromatic N) is 4. The lowest BCUT2D eigenvalue weighted by Crippen LogP contribution is -1.98. The molecule has 0 spiro atoms. The van der Waals surface area contributed by atoms with Gasteiger partial charge in [-0.15, -0.1) is 11.3 Å². The van der Waals surface area contributed by atoms with Crippen molar-refractivity contribution in [1.29, 1.82) is 0 Å². The number of fused-ring (bicyclic) bond motifs is 1. The van der Waals surface area contributed by atoms with Crippen LogP contribution in [0.15, 0.2) is 36.8 Å². The highest BCUT2D eigenvalue weighted by atomic mass is 35.5. The number of hydrogen-bond acceptors (Lipinski definition) is 6. The summed E-state index contributed by atoms with van der Waals surface area (Å²) in [5, 5.41) is 4.50. The SMILES string of the molecule is Cc1cc(Nc2ncc(F)c3nc(-c4c(Cl)cccc4Cl)sc23)ncn1. The van der Waals surface area contributed by atoms with Crippen LogP contribution in [0.1, 0.15) is 5.69 Å². The van der Waals surface area contributed by atoms with E-state index < -0.39 is 5.82 Å². The van der Waals surface area contributed by atoms with Crippen molar-refractivity contribution in [2.45, 2.75) is 6.92 Å². The second-order valence-electron chi connectivity index (χ2n) is 5.42. The van der Waals surface area contributed by atoms with E-state index in [1.165, 1.54) is 17.7 Å². The fourth-order valence-electron chi connectivity index (χ4n) is 2.43. The number of rotatable bonds is 3. The Kier molecular flexibility index (Phi) is 4.44. The van der Waals surface area contributed by atoms with E-state index in [-0.39, 0.29) is 5.52 Å². The lowest BCUT2D eigenvalue weighted by Gasteiger charge is -2.05. The van der Waals surface area contributed by atoms with Crippen LogP contribution in [-0.4, -0.2) is 19.9 Å². The van der Waals surface area contributed by atoms with Gasteiger partial charge < -0.3 is 5.32 Å². The van der Waals surface area contributed by atoms with Crippen LogP contribution in [0, 0.1) is 12.7 Å². The number of aryl methyl sites for hydroxylation is 1. The van der Waals surface area contributed by atoms with E-state index in [2.05, 4.69) is 25.3 Å². The number of pyridine rings is 1. The van der Waals surface area contributed by atoms with Crippen molar-refractivity contribution in [1.82, 2.24) is 19.9 Å². The van der Waals surface area contributed by atoms with Crippen LogP contribution >= 0.6 is 34.5 Å². The average Bonchev–Trinajstić information content (AvgIpc) is 3.03. The molecular formula is C17H10Cl2FN5S. The van der Waals surface area contributed by atoms with Gasteiger partial charge in [-0.1, -0.05) is 29.3 Å². The van der Waals surface area contributed by atoms with Gasteiger partial charge in [-0.2, -0.15) is 0 Å². The summed E-state index contributed by atoms with van der Waals surface area (Å²) in [6.07, 6.45) is 2.57. The maximum absolute atomic E-state index is 14.3. The summed E-state index contributed by atoms with van der Waals surface area (Å²) in [4.78, 5) is 16.7. The second-order valence-corrected chi connectivity index (χ2v) is 7.23. The standard InChI is InChI=1S/C17H10Cl2FN5S/c1-8-5-12(23-7-22-8)24-16-15-14(11(20)6-21-16)25-17(26-15)13-9(18)3-2-4-10(13)19/h2-7H,1H3,(H,21,22,23,24). The van der Waals surface area contributed by atoms with Crippen LogP contribution < -0.4 is 5.32 Å². The first-order chi connectivity index (χ1) is 12.5. The predicted molar refractivity (Wildman–Crippen MR) is 103 cm³/mol. The fraction of sp³-hybridized carbons (Fsp3) is 0.0588. The molecule has 3 aromatic heterocycles. The highest BCUT2D eigenvalue weighted by molar-refractivity contribution is 7.22. The van der Waals surface area contributed by atoms with E-state index in [1.54, 1.807) is 24.3 Å². The maximum atomic E-state index is 14.3. The number of halogens is 3. The van der Waals surface area contributed by atoms with Gasteiger partial charge in [0.25, 0.3) is 0 Å². The van der Waals surface area contributed by atoms with Crippen molar-refractivity contribution in [3.63, 3.8) is 0 Å². The van der Waals surface area contributed by atoms with Gasteiger partial charge in [0, 0.05) is 17.3 Å². The molecule has 1 aromatic carbocycles. The van der Waals surface area contributed by atoms with Gasteiger partial charge in [0.2, 0.25) is 0 Å². The summed E-state index contributed by atoms with van der Waals surface area (Å²) in [5.41, 5.74) is 1.57. The summed E-state index contributed by atoms with van der Waals surface area (Å²) < 4.78 is 14.8. The van der Waals surface area contributed by atoms with Gasteiger partial charge >= 0.3 is 0 Å². The van der Waals surface area contributed by atoms with Crippen LogP contribution in [0.5, 0.6) is 0 Å². The Morgan fingerprint density at radius 1 is 1.12 bits per heavy atom. The lowest BCUT2D eigenvalue weighted by molar-refractivity contribution is 0.632. The number of benzene rings is 1. The van der Waals surface area contributed by atoms with E-state index in [0.29, 0.717) is 37.0 Å². The van der Waals surface area contributed by atoms with Gasteiger partial charge in [-0.05, 0) is 19.1 Å². The van der Waals surface area contributed by atoms with Gasteiger partial charge in [0.1, 0.15) is 27.4 Å². The zero-order valence-corrected chi connectivity index (χ0v) is 15.6. The first-order valence-corrected chi connectivity index (χ1v) is 9.05. The van der Waals surface area contributed by atoms with E-state index >= 15 is 0 Å². The summed E-state index contributed by atoms with van der Waals surface area (Å²) in [6, 6.07) is 6.94. The zero-order valence-electron chi connectivity index (χ0n) is 13.3. The van der Waals surface area contributed by atoms with Crippen LogP contribution in [0.3, 0.4) is 0 Å². The Labute approximate surface area is 161 Å². The average molecular weight is 406 g/mol. The first kappa shape index (κ1) is 17.1. The van der Waals surface area contributed by atoms with Crippen LogP contribution in [0.4, 0.5) is 16.0 Å². The second kappa shape index (κ2) is 6.75. The monoisotopic (exact) mass is 405 g/mol. The summed E-state index contributed by atoms with van der Waals surface area (Å²) in [5.74, 6) is 0.491. The number of anilines is 2. The molecule has 130 valence electrons. The highest BCUT2D eigenvalue weighted by Gasteiger charge is 2.18. The molecule has 0 saturated heterocycles. The van der Waals surface area contributed by atoms with Crippen molar-refractivity contribution in [2.24, 2.45) is 0 Å². The molecule has 0 aliphatic heterocycles.